The molecule has 0 radical (unpaired) electrons. The Bertz CT molecular complexity index is 218. The maximum absolute atomic E-state index is 8.41. The van der Waals surface area contributed by atoms with E-state index in [0.717, 1.165) is 4.48 Å². The highest BCUT2D eigenvalue weighted by Crippen LogP contribution is 2.11. The monoisotopic (exact) mass is 197 g/mol. The Hall–Kier alpha value is -0.810. The molecule has 0 rings (SSSR count). The normalized spacial score (nSPS) is 12.5. The van der Waals surface area contributed by atoms with Gasteiger partial charge in [0.1, 0.15) is 0 Å². The molecule has 0 aromatic carbocycles. The molecule has 0 N–H and O–H groups in total. The van der Waals surface area contributed by atoms with Crippen molar-refractivity contribution in [2.45, 2.75) is 6.92 Å². The first-order valence-electron chi connectivity index (χ1n) is 2.78. The van der Waals surface area contributed by atoms with Crippen LogP contribution < -0.4 is 0 Å². The van der Waals surface area contributed by atoms with E-state index in [2.05, 4.69) is 22.5 Å². The summed E-state index contributed by atoms with van der Waals surface area (Å²) in [6.45, 7) is 5.25. The molecular weight excluding hydrogens is 190 g/mol. The summed E-state index contributed by atoms with van der Waals surface area (Å²) in [6.07, 6.45) is 5.21. The summed E-state index contributed by atoms with van der Waals surface area (Å²) in [5, 5.41) is 8.41. The Morgan fingerprint density at radius 2 is 2.30 bits per heavy atom. The molecule has 0 saturated heterocycles. The van der Waals surface area contributed by atoms with Crippen LogP contribution in [0.2, 0.25) is 0 Å². The molecule has 52 valence electrons. The second-order valence-electron chi connectivity index (χ2n) is 1.68. The molecule has 0 bridgehead atoms. The van der Waals surface area contributed by atoms with E-state index in [1.807, 2.05) is 6.07 Å². The fraction of sp³-hybridized carbons (Fsp3) is 0.125. The van der Waals surface area contributed by atoms with E-state index in [1.54, 1.807) is 25.2 Å². The van der Waals surface area contributed by atoms with Crippen molar-refractivity contribution in [3.8, 4) is 6.07 Å². The maximum Gasteiger partial charge on any atom is 0.0955 e. The van der Waals surface area contributed by atoms with Crippen LogP contribution in [0.4, 0.5) is 0 Å². The summed E-state index contributed by atoms with van der Waals surface area (Å²) in [7, 11) is 0. The molecule has 10 heavy (non-hydrogen) atoms. The van der Waals surface area contributed by atoms with E-state index in [0.29, 0.717) is 5.57 Å². The smallest absolute Gasteiger partial charge is 0.0955 e. The first-order valence-corrected chi connectivity index (χ1v) is 3.57. The first kappa shape index (κ1) is 9.19. The molecule has 0 heterocycles. The van der Waals surface area contributed by atoms with E-state index in [1.165, 1.54) is 0 Å². The van der Waals surface area contributed by atoms with Crippen molar-refractivity contribution in [3.63, 3.8) is 0 Å². The SMILES string of the molecule is C=C/C=C\C(Br)=C(/C)C#N. The Labute approximate surface area is 69.5 Å². The molecule has 0 saturated carbocycles. The van der Waals surface area contributed by atoms with Gasteiger partial charge >= 0.3 is 0 Å². The molecule has 0 spiro atoms. The van der Waals surface area contributed by atoms with E-state index < -0.39 is 0 Å². The van der Waals surface area contributed by atoms with Gasteiger partial charge in [-0.05, 0) is 28.9 Å². The highest BCUT2D eigenvalue weighted by Gasteiger charge is 1.89. The van der Waals surface area contributed by atoms with Gasteiger partial charge < -0.3 is 0 Å². The quantitative estimate of drug-likeness (QED) is 0.494. The van der Waals surface area contributed by atoms with Crippen LogP contribution in [-0.2, 0) is 0 Å². The van der Waals surface area contributed by atoms with Gasteiger partial charge in [-0.25, -0.2) is 0 Å². The molecule has 0 unspecified atom stereocenters. The van der Waals surface area contributed by atoms with Crippen molar-refractivity contribution in [1.29, 1.82) is 5.26 Å². The molecule has 0 aromatic heterocycles. The number of hydrogen-bond donors (Lipinski definition) is 0. The molecular formula is C8H8BrN. The summed E-state index contributed by atoms with van der Waals surface area (Å²) >= 11 is 3.23. The summed E-state index contributed by atoms with van der Waals surface area (Å²) in [5.41, 5.74) is 0.665. The average Bonchev–Trinajstić information content (AvgIpc) is 1.98. The number of halogens is 1. The molecule has 0 aliphatic rings. The largest absolute Gasteiger partial charge is 0.193 e. The van der Waals surface area contributed by atoms with Crippen LogP contribution >= 0.6 is 15.9 Å². The highest BCUT2D eigenvalue weighted by molar-refractivity contribution is 9.11. The average molecular weight is 198 g/mol. The van der Waals surface area contributed by atoms with Crippen LogP contribution in [0.1, 0.15) is 6.92 Å². The van der Waals surface area contributed by atoms with Gasteiger partial charge in [-0.2, -0.15) is 5.26 Å². The van der Waals surface area contributed by atoms with E-state index in [9.17, 15) is 0 Å². The summed E-state index contributed by atoms with van der Waals surface area (Å²) in [4.78, 5) is 0. The van der Waals surface area contributed by atoms with Crippen molar-refractivity contribution >= 4 is 15.9 Å². The van der Waals surface area contributed by atoms with Gasteiger partial charge in [-0.3, -0.25) is 0 Å². The molecule has 0 amide bonds. The predicted octanol–water partition coefficient (Wildman–Crippen LogP) is 2.92. The van der Waals surface area contributed by atoms with Gasteiger partial charge in [0.05, 0.1) is 6.07 Å². The minimum Gasteiger partial charge on any atom is -0.193 e. The molecule has 0 aliphatic heterocycles. The number of hydrogen-bond acceptors (Lipinski definition) is 1. The summed E-state index contributed by atoms with van der Waals surface area (Å²) in [5.74, 6) is 0. The van der Waals surface area contributed by atoms with Crippen LogP contribution in [0.3, 0.4) is 0 Å². The third-order valence-corrected chi connectivity index (χ3v) is 1.76. The predicted molar refractivity (Wildman–Crippen MR) is 46.6 cm³/mol. The van der Waals surface area contributed by atoms with E-state index >= 15 is 0 Å². The molecule has 0 atom stereocenters. The van der Waals surface area contributed by atoms with E-state index in [4.69, 9.17) is 5.26 Å². The lowest BCUT2D eigenvalue weighted by Crippen LogP contribution is -1.70. The Morgan fingerprint density at radius 1 is 1.70 bits per heavy atom. The number of nitriles is 1. The fourth-order valence-electron chi connectivity index (χ4n) is 0.331. The standard InChI is InChI=1S/C8H8BrN/c1-3-4-5-8(9)7(2)6-10/h3-5H,1H2,2H3/b5-4-,8-7-. The van der Waals surface area contributed by atoms with Crippen LogP contribution in [0.5, 0.6) is 0 Å². The molecule has 0 aliphatic carbocycles. The van der Waals surface area contributed by atoms with Gasteiger partial charge in [0.2, 0.25) is 0 Å². The van der Waals surface area contributed by atoms with Crippen molar-refractivity contribution in [3.05, 3.63) is 34.9 Å². The second kappa shape index (κ2) is 5.01. The van der Waals surface area contributed by atoms with Gasteiger partial charge in [0, 0.05) is 10.1 Å². The molecule has 0 fully saturated rings. The number of allylic oxidation sites excluding steroid dienone is 5. The lowest BCUT2D eigenvalue weighted by atomic mass is 10.3. The van der Waals surface area contributed by atoms with Crippen molar-refractivity contribution in [2.24, 2.45) is 0 Å². The topological polar surface area (TPSA) is 23.8 Å². The van der Waals surface area contributed by atoms with Gasteiger partial charge in [-0.15, -0.1) is 0 Å². The fourth-order valence-corrected chi connectivity index (χ4v) is 0.572. The Kier molecular flexibility index (Phi) is 4.61. The molecule has 1 nitrogen and oxygen atoms in total. The first-order chi connectivity index (χ1) is 4.72. The molecule has 2 heteroatoms. The highest BCUT2D eigenvalue weighted by atomic mass is 79.9. The van der Waals surface area contributed by atoms with Crippen LogP contribution in [0.25, 0.3) is 0 Å². The zero-order valence-corrected chi connectivity index (χ0v) is 7.35. The zero-order valence-electron chi connectivity index (χ0n) is 5.76. The van der Waals surface area contributed by atoms with Crippen molar-refractivity contribution < 1.29 is 0 Å². The minimum atomic E-state index is 0.665. The van der Waals surface area contributed by atoms with Gasteiger partial charge in [0.15, 0.2) is 0 Å². The Balaban J connectivity index is 4.36. The lowest BCUT2D eigenvalue weighted by Gasteiger charge is -1.87. The zero-order chi connectivity index (χ0) is 7.98. The molecule has 0 aromatic rings. The van der Waals surface area contributed by atoms with Gasteiger partial charge in [0.25, 0.3) is 0 Å². The van der Waals surface area contributed by atoms with Crippen LogP contribution in [-0.4, -0.2) is 0 Å². The third-order valence-electron chi connectivity index (χ3n) is 0.905. The summed E-state index contributed by atoms with van der Waals surface area (Å²) in [6, 6.07) is 2.02. The van der Waals surface area contributed by atoms with E-state index in [-0.39, 0.29) is 0 Å². The number of rotatable bonds is 2. The Morgan fingerprint density at radius 3 is 2.70 bits per heavy atom. The van der Waals surface area contributed by atoms with Gasteiger partial charge in [-0.1, -0.05) is 18.7 Å². The maximum atomic E-state index is 8.41. The second-order valence-corrected chi connectivity index (χ2v) is 2.53. The van der Waals surface area contributed by atoms with Crippen LogP contribution in [0, 0.1) is 11.3 Å². The summed E-state index contributed by atoms with van der Waals surface area (Å²) < 4.78 is 0.801. The minimum absolute atomic E-state index is 0.665. The van der Waals surface area contributed by atoms with Crippen molar-refractivity contribution in [1.82, 2.24) is 0 Å². The van der Waals surface area contributed by atoms with Crippen LogP contribution in [0.15, 0.2) is 34.9 Å². The third kappa shape index (κ3) is 3.26. The van der Waals surface area contributed by atoms with Crippen molar-refractivity contribution in [2.75, 3.05) is 0 Å². The number of nitrogens with zero attached hydrogens (tertiary/aromatic N) is 1. The lowest BCUT2D eigenvalue weighted by molar-refractivity contribution is 1.44.